The summed E-state index contributed by atoms with van der Waals surface area (Å²) in [5.41, 5.74) is 0. The average molecular weight is 305 g/mol. The third kappa shape index (κ3) is 2.84. The van der Waals surface area contributed by atoms with Gasteiger partial charge in [0.15, 0.2) is 0 Å². The Morgan fingerprint density at radius 1 is 1.19 bits per heavy atom. The largest absolute Gasteiger partial charge is 0.337 e. The first-order chi connectivity index (χ1) is 10.1. The maximum atomic E-state index is 5.98. The Kier molecular flexibility index (Phi) is 3.53. The van der Waals surface area contributed by atoms with Gasteiger partial charge in [0, 0.05) is 38.9 Å². The fourth-order valence-corrected chi connectivity index (χ4v) is 1.98. The summed E-state index contributed by atoms with van der Waals surface area (Å²) in [5.74, 6) is 1.80. The van der Waals surface area contributed by atoms with Crippen LogP contribution >= 0.6 is 11.6 Å². The molecule has 108 valence electrons. The van der Waals surface area contributed by atoms with Crippen molar-refractivity contribution in [1.82, 2.24) is 34.1 Å². The van der Waals surface area contributed by atoms with Crippen LogP contribution < -0.4 is 4.90 Å². The zero-order valence-corrected chi connectivity index (χ0v) is 12.3. The second-order valence-electron chi connectivity index (χ2n) is 4.48. The molecule has 0 saturated carbocycles. The highest BCUT2D eigenvalue weighted by molar-refractivity contribution is 6.28. The average Bonchev–Trinajstić information content (AvgIpc) is 3.11. The van der Waals surface area contributed by atoms with Crippen molar-refractivity contribution in [2.45, 2.75) is 6.54 Å². The molecule has 0 amide bonds. The number of hydrogen-bond donors (Lipinski definition) is 0. The fraction of sp³-hybridized carbons (Fsp3) is 0.250. The first-order valence-electron chi connectivity index (χ1n) is 6.21. The van der Waals surface area contributed by atoms with Gasteiger partial charge < -0.3 is 9.47 Å². The highest BCUT2D eigenvalue weighted by Gasteiger charge is 2.12. The SMILES string of the molecule is CN(Cc1nccn1C)c1nc(Cl)nc(-n2ccnc2)n1. The summed E-state index contributed by atoms with van der Waals surface area (Å²) >= 11 is 5.98. The lowest BCUT2D eigenvalue weighted by atomic mass is 10.5. The molecule has 21 heavy (non-hydrogen) atoms. The molecule has 0 aliphatic carbocycles. The second-order valence-corrected chi connectivity index (χ2v) is 4.82. The Morgan fingerprint density at radius 3 is 2.71 bits per heavy atom. The van der Waals surface area contributed by atoms with Crippen molar-refractivity contribution in [3.8, 4) is 5.95 Å². The number of halogens is 1. The van der Waals surface area contributed by atoms with Crippen LogP contribution in [0.15, 0.2) is 31.1 Å². The van der Waals surface area contributed by atoms with E-state index in [1.54, 1.807) is 29.5 Å². The molecule has 8 nitrogen and oxygen atoms in total. The van der Waals surface area contributed by atoms with E-state index in [1.807, 2.05) is 29.8 Å². The highest BCUT2D eigenvalue weighted by atomic mass is 35.5. The van der Waals surface area contributed by atoms with Crippen LogP contribution in [0.1, 0.15) is 5.82 Å². The predicted molar refractivity (Wildman–Crippen MR) is 77.3 cm³/mol. The van der Waals surface area contributed by atoms with Gasteiger partial charge in [0.1, 0.15) is 12.2 Å². The lowest BCUT2D eigenvalue weighted by molar-refractivity contribution is 0.739. The van der Waals surface area contributed by atoms with E-state index in [1.165, 1.54) is 0 Å². The summed E-state index contributed by atoms with van der Waals surface area (Å²) in [6.45, 7) is 0.563. The molecule has 0 unspecified atom stereocenters. The van der Waals surface area contributed by atoms with E-state index in [2.05, 4.69) is 24.9 Å². The van der Waals surface area contributed by atoms with Crippen molar-refractivity contribution in [1.29, 1.82) is 0 Å². The summed E-state index contributed by atoms with van der Waals surface area (Å²) in [4.78, 5) is 22.7. The maximum Gasteiger partial charge on any atom is 0.241 e. The Balaban J connectivity index is 1.89. The van der Waals surface area contributed by atoms with E-state index < -0.39 is 0 Å². The van der Waals surface area contributed by atoms with Gasteiger partial charge in [0.25, 0.3) is 0 Å². The van der Waals surface area contributed by atoms with Crippen LogP contribution in [-0.4, -0.2) is 41.1 Å². The molecule has 3 aromatic heterocycles. The molecule has 0 fully saturated rings. The van der Waals surface area contributed by atoms with Crippen LogP contribution in [0.25, 0.3) is 5.95 Å². The molecule has 0 aromatic carbocycles. The third-order valence-corrected chi connectivity index (χ3v) is 3.13. The van der Waals surface area contributed by atoms with Crippen molar-refractivity contribution in [2.75, 3.05) is 11.9 Å². The first-order valence-corrected chi connectivity index (χ1v) is 6.58. The van der Waals surface area contributed by atoms with E-state index in [4.69, 9.17) is 11.6 Å². The van der Waals surface area contributed by atoms with E-state index in [9.17, 15) is 0 Å². The minimum absolute atomic E-state index is 0.135. The Bertz CT molecular complexity index is 736. The van der Waals surface area contributed by atoms with Crippen molar-refractivity contribution in [2.24, 2.45) is 7.05 Å². The zero-order valence-electron chi connectivity index (χ0n) is 11.5. The number of imidazole rings is 2. The lowest BCUT2D eigenvalue weighted by Crippen LogP contribution is -2.22. The molecule has 0 aliphatic heterocycles. The molecule has 0 atom stereocenters. The van der Waals surface area contributed by atoms with Crippen molar-refractivity contribution >= 4 is 17.5 Å². The van der Waals surface area contributed by atoms with Gasteiger partial charge in [0.2, 0.25) is 17.2 Å². The number of aryl methyl sites for hydroxylation is 1. The van der Waals surface area contributed by atoms with Crippen molar-refractivity contribution < 1.29 is 0 Å². The van der Waals surface area contributed by atoms with E-state index in [0.29, 0.717) is 18.4 Å². The van der Waals surface area contributed by atoms with E-state index in [-0.39, 0.29) is 5.28 Å². The predicted octanol–water partition coefficient (Wildman–Crippen LogP) is 1.08. The van der Waals surface area contributed by atoms with Crippen molar-refractivity contribution in [3.63, 3.8) is 0 Å². The molecule has 0 spiro atoms. The van der Waals surface area contributed by atoms with E-state index >= 15 is 0 Å². The number of nitrogens with zero attached hydrogens (tertiary/aromatic N) is 8. The number of hydrogen-bond acceptors (Lipinski definition) is 6. The molecule has 0 bridgehead atoms. The first kappa shape index (κ1) is 13.5. The van der Waals surface area contributed by atoms with Crippen LogP contribution in [0.3, 0.4) is 0 Å². The Labute approximate surface area is 126 Å². The minimum atomic E-state index is 0.135. The topological polar surface area (TPSA) is 77.5 Å². The third-order valence-electron chi connectivity index (χ3n) is 2.96. The number of aromatic nitrogens is 7. The molecule has 3 rings (SSSR count). The van der Waals surface area contributed by atoms with Gasteiger partial charge in [-0.2, -0.15) is 15.0 Å². The monoisotopic (exact) mass is 304 g/mol. The molecule has 0 N–H and O–H groups in total. The van der Waals surface area contributed by atoms with Crippen LogP contribution in [0, 0.1) is 0 Å². The second kappa shape index (κ2) is 5.49. The maximum absolute atomic E-state index is 5.98. The van der Waals surface area contributed by atoms with Gasteiger partial charge in [-0.05, 0) is 11.6 Å². The minimum Gasteiger partial charge on any atom is -0.337 e. The lowest BCUT2D eigenvalue weighted by Gasteiger charge is -2.17. The number of anilines is 1. The smallest absolute Gasteiger partial charge is 0.241 e. The van der Waals surface area contributed by atoms with Crippen LogP contribution in [-0.2, 0) is 13.6 Å². The molecule has 0 aliphatic rings. The Morgan fingerprint density at radius 2 is 2.05 bits per heavy atom. The Hall–Kier alpha value is -2.48. The van der Waals surface area contributed by atoms with Gasteiger partial charge in [0.05, 0.1) is 6.54 Å². The van der Waals surface area contributed by atoms with Gasteiger partial charge in [-0.3, -0.25) is 4.57 Å². The number of rotatable bonds is 4. The summed E-state index contributed by atoms with van der Waals surface area (Å²) in [7, 11) is 3.81. The fourth-order valence-electron chi connectivity index (χ4n) is 1.82. The zero-order chi connectivity index (χ0) is 14.8. The normalized spacial score (nSPS) is 10.8. The van der Waals surface area contributed by atoms with Crippen molar-refractivity contribution in [3.05, 3.63) is 42.2 Å². The summed E-state index contributed by atoms with van der Waals surface area (Å²) < 4.78 is 3.61. The molecule has 3 aromatic rings. The summed E-state index contributed by atoms with van der Waals surface area (Å²) in [5, 5.41) is 0.135. The highest BCUT2D eigenvalue weighted by Crippen LogP contribution is 2.14. The van der Waals surface area contributed by atoms with Gasteiger partial charge in [-0.25, -0.2) is 9.97 Å². The van der Waals surface area contributed by atoms with Crippen LogP contribution in [0.5, 0.6) is 0 Å². The molecule has 3 heterocycles. The van der Waals surface area contributed by atoms with Crippen LogP contribution in [0.2, 0.25) is 5.28 Å². The summed E-state index contributed by atoms with van der Waals surface area (Å²) in [6, 6.07) is 0. The molecule has 9 heteroatoms. The molecular formula is C12H13ClN8. The molecular weight excluding hydrogens is 292 g/mol. The van der Waals surface area contributed by atoms with Gasteiger partial charge in [-0.15, -0.1) is 0 Å². The molecule has 0 saturated heterocycles. The van der Waals surface area contributed by atoms with Gasteiger partial charge >= 0.3 is 0 Å². The molecule has 0 radical (unpaired) electrons. The summed E-state index contributed by atoms with van der Waals surface area (Å²) in [6.07, 6.45) is 8.64. The van der Waals surface area contributed by atoms with Gasteiger partial charge in [-0.1, -0.05) is 0 Å². The van der Waals surface area contributed by atoms with E-state index in [0.717, 1.165) is 5.82 Å². The standard InChI is InChI=1S/C12H13ClN8/c1-19-5-4-15-9(19)7-20(2)11-16-10(13)17-12(18-11)21-6-3-14-8-21/h3-6,8H,7H2,1-2H3. The van der Waals surface area contributed by atoms with Crippen LogP contribution in [0.4, 0.5) is 5.95 Å². The quantitative estimate of drug-likeness (QED) is 0.718.